The Morgan fingerprint density at radius 2 is 1.20 bits per heavy atom. The van der Waals surface area contributed by atoms with Gasteiger partial charge in [-0.15, -0.1) is 0 Å². The second-order valence-corrected chi connectivity index (χ2v) is 37.5. The summed E-state index contributed by atoms with van der Waals surface area (Å²) in [5.41, 5.74) is 0.724. The second-order valence-electron chi connectivity index (χ2n) is 29.0. The molecular weight excluding hydrogens is 985 g/mol. The average Bonchev–Trinajstić information content (AvgIpc) is 3.94. The average molecular weight is 1090 g/mol. The number of fused-ring (bicyclic) bond motifs is 10. The molecule has 4 N–H and O–H groups in total. The fourth-order valence-electron chi connectivity index (χ4n) is 20.1. The van der Waals surface area contributed by atoms with Crippen LogP contribution in [-0.4, -0.2) is 96.4 Å². The second kappa shape index (κ2) is 25.4. The van der Waals surface area contributed by atoms with E-state index in [4.69, 9.17) is 18.9 Å². The molecule has 0 bridgehead atoms. The van der Waals surface area contributed by atoms with Crippen molar-refractivity contribution in [2.45, 2.75) is 245 Å². The van der Waals surface area contributed by atoms with Crippen LogP contribution in [0.1, 0.15) is 183 Å². The summed E-state index contributed by atoms with van der Waals surface area (Å²) in [5, 5.41) is 36.1. The first-order valence-electron chi connectivity index (χ1n) is 31.1. The lowest BCUT2D eigenvalue weighted by Crippen LogP contribution is -2.61. The summed E-state index contributed by atoms with van der Waals surface area (Å²) in [6, 6.07) is 2.03. The molecule has 8 aliphatic carbocycles. The molecule has 0 saturated heterocycles. The number of hydrogen-bond donors (Lipinski definition) is 4. The molecule has 20 atom stereocenters. The third kappa shape index (κ3) is 12.8. The molecule has 0 radical (unpaired) electrons. The summed E-state index contributed by atoms with van der Waals surface area (Å²) in [5.74, 6) is 7.68. The minimum absolute atomic E-state index is 0.000646. The number of aliphatic hydroxyl groups is 2. The van der Waals surface area contributed by atoms with E-state index in [1.54, 1.807) is 26.4 Å². The molecule has 0 heterocycles. The van der Waals surface area contributed by atoms with E-state index >= 15 is 0 Å². The van der Waals surface area contributed by atoms with Crippen LogP contribution in [0.15, 0.2) is 4.99 Å². The van der Waals surface area contributed by atoms with Gasteiger partial charge in [0, 0.05) is 33.0 Å². The van der Waals surface area contributed by atoms with E-state index in [9.17, 15) is 24.6 Å². The molecule has 8 fully saturated rings. The maximum absolute atomic E-state index is 12.2. The molecule has 0 aromatic rings. The molecule has 76 heavy (non-hydrogen) atoms. The van der Waals surface area contributed by atoms with Crippen molar-refractivity contribution in [1.29, 1.82) is 5.26 Å². The molecule has 14 heteroatoms. The standard InChI is InChI=1S/C37H65N3O5Si2.C25H43NO3/c1-27(11-16-35(42)39-4)31-14-15-32-30-13-12-28-23-29(44-46(5,6)22-10-20-43-25-38)17-18-36(28,2)33(30)24-34(37(31,32)3)45-47(7,8)21-9-19-40-26-41;1-15(5-10-23(29)26-4)19-8-9-20-18-7-6-16-13-17(27)11-12-24(16,2)21(18)14-22(28)25(19,20)3/h27-34H,9-24H2,1-8H3,(H,39,42);15-22,27-28H,5-14H2,1-4H3,(H,26,29)/t27-,28-,29-,30+,31-,32+,33+,34+,36+,37-;15-,16-,17-,18+,19-,20+,21+,22+,24+,25-/m11/s1. The maximum Gasteiger partial charge on any atom is 0.286 e. The van der Waals surface area contributed by atoms with Gasteiger partial charge in [0.15, 0.2) is 16.6 Å². The van der Waals surface area contributed by atoms with Gasteiger partial charge in [0.25, 0.3) is 6.26 Å². The van der Waals surface area contributed by atoms with Crippen molar-refractivity contribution in [2.24, 2.45) is 97.7 Å². The van der Waals surface area contributed by atoms with Gasteiger partial charge in [-0.1, -0.05) is 41.5 Å². The Bertz CT molecular complexity index is 2050. The Balaban J connectivity index is 0.000000247. The number of nitriles is 1. The highest BCUT2D eigenvalue weighted by Crippen LogP contribution is 2.71. The third-order valence-corrected chi connectivity index (χ3v) is 29.3. The number of nitrogens with one attached hydrogen (secondary N) is 2. The summed E-state index contributed by atoms with van der Waals surface area (Å²) in [7, 11) is -0.404. The zero-order valence-corrected chi connectivity index (χ0v) is 51.9. The largest absolute Gasteiger partial charge is 0.428 e. The Morgan fingerprint density at radius 3 is 1.78 bits per heavy atom. The van der Waals surface area contributed by atoms with Crippen molar-refractivity contribution >= 4 is 34.5 Å². The van der Waals surface area contributed by atoms with E-state index in [2.05, 4.69) is 83.4 Å². The minimum Gasteiger partial charge on any atom is -0.428 e. The third-order valence-electron chi connectivity index (χ3n) is 24.3. The number of rotatable bonds is 20. The van der Waals surface area contributed by atoms with Gasteiger partial charge in [0.2, 0.25) is 17.9 Å². The Kier molecular flexibility index (Phi) is 20.5. The van der Waals surface area contributed by atoms with Gasteiger partial charge in [-0.25, -0.2) is 9.79 Å². The van der Waals surface area contributed by atoms with Crippen molar-refractivity contribution < 1.29 is 38.2 Å². The van der Waals surface area contributed by atoms with E-state index in [1.165, 1.54) is 64.2 Å². The number of nitrogens with zero attached hydrogens (tertiary/aromatic N) is 2. The monoisotopic (exact) mass is 1090 g/mol. The van der Waals surface area contributed by atoms with Crippen LogP contribution >= 0.6 is 0 Å². The number of carbonyl (C=O) groups excluding carboxylic acids is 3. The van der Waals surface area contributed by atoms with Gasteiger partial charge in [-0.05, 0) is 259 Å². The first-order chi connectivity index (χ1) is 35.9. The number of isocyanates is 1. The molecule has 2 amide bonds. The van der Waals surface area contributed by atoms with E-state index in [-0.39, 0.29) is 41.0 Å². The van der Waals surface area contributed by atoms with Crippen LogP contribution in [-0.2, 0) is 28.0 Å². The number of amides is 2. The first kappa shape index (κ1) is 61.5. The minimum atomic E-state index is -2.03. The molecule has 432 valence electrons. The van der Waals surface area contributed by atoms with Crippen LogP contribution in [0.3, 0.4) is 0 Å². The highest BCUT2D eigenvalue weighted by Gasteiger charge is 2.66. The van der Waals surface area contributed by atoms with Crippen LogP contribution in [0.5, 0.6) is 0 Å². The van der Waals surface area contributed by atoms with Crippen molar-refractivity contribution in [1.82, 2.24) is 10.6 Å². The predicted octanol–water partition coefficient (Wildman–Crippen LogP) is 12.4. The first-order valence-corrected chi connectivity index (χ1v) is 37.3. The normalized spacial score (nSPS) is 41.3. The van der Waals surface area contributed by atoms with Gasteiger partial charge in [0.1, 0.15) is 6.61 Å². The van der Waals surface area contributed by atoms with Gasteiger partial charge >= 0.3 is 0 Å². The SMILES string of the molecule is CNC(=O)CC[C@@H](C)[C@H]1CC[C@H]2[C@@H]3CC[C@@H]4C[C@H](O)CC[C@]4(C)[C@H]3C[C@H](O)[C@]12C.CNC(=O)CC[C@@H](C)[C@H]1CC[C@H]2[C@@H]3CC[C@@H]4C[C@H](O[Si](C)(C)CCCOC#N)CC[C@]4(C)[C@H]3C[C@H](O[Si](C)(C)CCCN=C=O)[C@]12C. The lowest BCUT2D eigenvalue weighted by molar-refractivity contribution is -0.174. The van der Waals surface area contributed by atoms with Gasteiger partial charge < -0.3 is 34.4 Å². The van der Waals surface area contributed by atoms with Gasteiger partial charge in [0.05, 0.1) is 24.9 Å². The fourth-order valence-corrected chi connectivity index (χ4v) is 24.6. The lowest BCUT2D eigenvalue weighted by atomic mass is 9.43. The molecular formula is C62H108N4O8Si2. The number of aliphatic imine (C=N–C) groups is 1. The Hall–Kier alpha value is -2.12. The number of carbonyl (C=O) groups is 2. The van der Waals surface area contributed by atoms with E-state index in [1.807, 2.05) is 0 Å². The zero-order valence-electron chi connectivity index (χ0n) is 49.9. The molecule has 0 unspecified atom stereocenters. The highest BCUT2D eigenvalue weighted by atomic mass is 28.4. The summed E-state index contributed by atoms with van der Waals surface area (Å²) in [4.78, 5) is 38.5. The Morgan fingerprint density at radius 1 is 0.671 bits per heavy atom. The van der Waals surface area contributed by atoms with E-state index in [0.717, 1.165) is 88.1 Å². The quantitative estimate of drug-likeness (QED) is 0.0303. The highest BCUT2D eigenvalue weighted by molar-refractivity contribution is 6.71. The lowest BCUT2D eigenvalue weighted by Gasteiger charge is -2.64. The molecule has 8 saturated carbocycles. The molecule has 0 aromatic heterocycles. The van der Waals surface area contributed by atoms with Crippen LogP contribution in [0.4, 0.5) is 0 Å². The van der Waals surface area contributed by atoms with Crippen molar-refractivity contribution in [2.75, 3.05) is 27.2 Å². The van der Waals surface area contributed by atoms with Gasteiger partial charge in [-0.3, -0.25) is 9.59 Å². The van der Waals surface area contributed by atoms with Crippen LogP contribution < -0.4 is 10.6 Å². The van der Waals surface area contributed by atoms with E-state index < -0.39 is 16.6 Å². The molecule has 0 spiro atoms. The number of aliphatic hydroxyl groups excluding tert-OH is 2. The molecule has 8 rings (SSSR count). The smallest absolute Gasteiger partial charge is 0.286 e. The maximum atomic E-state index is 12.2. The number of ether oxygens (including phenoxy) is 1. The van der Waals surface area contributed by atoms with Gasteiger partial charge in [-0.2, -0.15) is 5.26 Å². The Labute approximate surface area is 463 Å². The fraction of sp³-hybridized carbons (Fsp3) is 0.935. The van der Waals surface area contributed by atoms with Crippen molar-refractivity contribution in [3.05, 3.63) is 0 Å². The van der Waals surface area contributed by atoms with Crippen LogP contribution in [0.25, 0.3) is 0 Å². The topological polar surface area (TPSA) is 180 Å². The summed E-state index contributed by atoms with van der Waals surface area (Å²) in [6.45, 7) is 25.2. The molecule has 12 nitrogen and oxygen atoms in total. The van der Waals surface area contributed by atoms with Crippen LogP contribution in [0.2, 0.25) is 38.3 Å². The summed E-state index contributed by atoms with van der Waals surface area (Å²) >= 11 is 0. The van der Waals surface area contributed by atoms with E-state index in [0.29, 0.717) is 102 Å². The van der Waals surface area contributed by atoms with Crippen LogP contribution in [0, 0.1) is 104 Å². The molecule has 8 aliphatic rings. The summed E-state index contributed by atoms with van der Waals surface area (Å²) in [6.07, 6.45) is 27.4. The summed E-state index contributed by atoms with van der Waals surface area (Å²) < 4.78 is 19.3. The van der Waals surface area contributed by atoms with Crippen molar-refractivity contribution in [3.63, 3.8) is 0 Å². The molecule has 0 aromatic carbocycles. The predicted molar refractivity (Wildman–Crippen MR) is 306 cm³/mol. The number of hydrogen-bond acceptors (Lipinski definition) is 10. The molecule has 0 aliphatic heterocycles. The van der Waals surface area contributed by atoms with Crippen molar-refractivity contribution in [3.8, 4) is 6.26 Å². The zero-order chi connectivity index (χ0) is 55.4.